The van der Waals surface area contributed by atoms with Gasteiger partial charge in [-0.2, -0.15) is 0 Å². The molecule has 0 aromatic carbocycles. The van der Waals surface area contributed by atoms with Gasteiger partial charge in [0.25, 0.3) is 0 Å². The Bertz CT molecular complexity index is 353. The smallest absolute Gasteiger partial charge is 0.325 e. The van der Waals surface area contributed by atoms with E-state index in [0.717, 1.165) is 4.90 Å². The van der Waals surface area contributed by atoms with Crippen molar-refractivity contribution in [1.29, 1.82) is 0 Å². The maximum Gasteiger partial charge on any atom is 0.325 e. The van der Waals surface area contributed by atoms with Crippen LogP contribution in [0.1, 0.15) is 20.3 Å². The summed E-state index contributed by atoms with van der Waals surface area (Å²) in [5, 5.41) is 8.65. The molecular formula is C11H17NO7. The molecule has 8 nitrogen and oxygen atoms in total. The Morgan fingerprint density at radius 1 is 0.947 bits per heavy atom. The molecule has 0 unspecified atom stereocenters. The lowest BCUT2D eigenvalue weighted by molar-refractivity contribution is -0.156. The third-order valence-electron chi connectivity index (χ3n) is 1.91. The van der Waals surface area contributed by atoms with Crippen molar-refractivity contribution < 1.29 is 33.8 Å². The first-order valence-electron chi connectivity index (χ1n) is 5.71. The van der Waals surface area contributed by atoms with E-state index in [4.69, 9.17) is 5.11 Å². The minimum atomic E-state index is -1.29. The molecule has 19 heavy (non-hydrogen) atoms. The maximum absolute atomic E-state index is 11.7. The fraction of sp³-hybridized carbons (Fsp3) is 0.636. The summed E-state index contributed by atoms with van der Waals surface area (Å²) in [4.78, 5) is 45.3. The Kier molecular flexibility index (Phi) is 7.90. The van der Waals surface area contributed by atoms with Gasteiger partial charge in [0.15, 0.2) is 0 Å². The van der Waals surface area contributed by atoms with E-state index in [0.29, 0.717) is 0 Å². The van der Waals surface area contributed by atoms with Gasteiger partial charge in [0.05, 0.1) is 13.2 Å². The normalized spacial score (nSPS) is 9.58. The van der Waals surface area contributed by atoms with Gasteiger partial charge < -0.3 is 19.5 Å². The highest BCUT2D eigenvalue weighted by Gasteiger charge is 2.23. The van der Waals surface area contributed by atoms with E-state index in [1.807, 2.05) is 0 Å². The fourth-order valence-corrected chi connectivity index (χ4v) is 1.21. The molecule has 0 aromatic rings. The summed E-state index contributed by atoms with van der Waals surface area (Å²) in [6.07, 6.45) is -0.611. The summed E-state index contributed by atoms with van der Waals surface area (Å²) in [6.45, 7) is 2.19. The predicted molar refractivity (Wildman–Crippen MR) is 62.1 cm³/mol. The zero-order chi connectivity index (χ0) is 14.8. The van der Waals surface area contributed by atoms with Crippen LogP contribution in [0.15, 0.2) is 0 Å². The van der Waals surface area contributed by atoms with E-state index in [9.17, 15) is 19.2 Å². The van der Waals surface area contributed by atoms with Gasteiger partial charge >= 0.3 is 17.9 Å². The molecule has 1 amide bonds. The zero-order valence-electron chi connectivity index (χ0n) is 10.9. The molecule has 0 atom stereocenters. The van der Waals surface area contributed by atoms with E-state index < -0.39 is 43.3 Å². The number of carboxylic acid groups (broad SMARTS) is 1. The first-order valence-corrected chi connectivity index (χ1v) is 5.71. The number of carbonyl (C=O) groups is 4. The Hall–Kier alpha value is -2.12. The predicted octanol–water partition coefficient (Wildman–Crippen LogP) is -0.584. The summed E-state index contributed by atoms with van der Waals surface area (Å²) in [6, 6.07) is 0. The van der Waals surface area contributed by atoms with Crippen molar-refractivity contribution >= 4 is 23.8 Å². The second-order valence-electron chi connectivity index (χ2n) is 3.43. The van der Waals surface area contributed by atoms with E-state index in [1.54, 1.807) is 13.8 Å². The number of hydrogen-bond acceptors (Lipinski definition) is 6. The van der Waals surface area contributed by atoms with E-state index in [-0.39, 0.29) is 13.2 Å². The van der Waals surface area contributed by atoms with Crippen molar-refractivity contribution in [3.63, 3.8) is 0 Å². The van der Waals surface area contributed by atoms with Crippen LogP contribution in [0.2, 0.25) is 0 Å². The van der Waals surface area contributed by atoms with Crippen molar-refractivity contribution in [2.24, 2.45) is 0 Å². The van der Waals surface area contributed by atoms with Gasteiger partial charge in [-0.25, -0.2) is 0 Å². The van der Waals surface area contributed by atoms with Crippen molar-refractivity contribution in [2.45, 2.75) is 20.3 Å². The molecule has 0 aliphatic heterocycles. The lowest BCUT2D eigenvalue weighted by Crippen LogP contribution is -2.41. The molecule has 0 aliphatic rings. The van der Waals surface area contributed by atoms with Crippen LogP contribution in [-0.4, -0.2) is 60.1 Å². The number of hydrogen-bond donors (Lipinski definition) is 1. The van der Waals surface area contributed by atoms with Crippen molar-refractivity contribution in [1.82, 2.24) is 4.90 Å². The van der Waals surface area contributed by atoms with Gasteiger partial charge in [-0.15, -0.1) is 0 Å². The van der Waals surface area contributed by atoms with Gasteiger partial charge in [-0.1, -0.05) is 0 Å². The summed E-state index contributed by atoms with van der Waals surface area (Å²) in [5.41, 5.74) is 0. The Labute approximate surface area is 110 Å². The van der Waals surface area contributed by atoms with Crippen LogP contribution in [0.3, 0.4) is 0 Å². The fourth-order valence-electron chi connectivity index (χ4n) is 1.21. The van der Waals surface area contributed by atoms with Crippen LogP contribution in [0.25, 0.3) is 0 Å². The minimum Gasteiger partial charge on any atom is -0.480 e. The second kappa shape index (κ2) is 8.90. The molecule has 0 saturated carbocycles. The first-order chi connectivity index (χ1) is 8.90. The van der Waals surface area contributed by atoms with Crippen molar-refractivity contribution in [3.05, 3.63) is 0 Å². The molecule has 0 aromatic heterocycles. The number of ether oxygens (including phenoxy) is 2. The van der Waals surface area contributed by atoms with E-state index in [2.05, 4.69) is 9.47 Å². The molecule has 0 fully saturated rings. The standard InChI is InChI=1S/C11H17NO7/c1-3-18-10(16)5-8(13)12(6-9(14)15)7-11(17)19-4-2/h3-7H2,1-2H3,(H,14,15). The van der Waals surface area contributed by atoms with E-state index >= 15 is 0 Å². The molecule has 0 bridgehead atoms. The quantitative estimate of drug-likeness (QED) is 0.466. The molecule has 108 valence electrons. The molecule has 0 spiro atoms. The van der Waals surface area contributed by atoms with Crippen LogP contribution < -0.4 is 0 Å². The van der Waals surface area contributed by atoms with Crippen LogP contribution in [0.4, 0.5) is 0 Å². The third-order valence-corrected chi connectivity index (χ3v) is 1.91. The van der Waals surface area contributed by atoms with Crippen molar-refractivity contribution in [3.8, 4) is 0 Å². The molecule has 8 heteroatoms. The summed E-state index contributed by atoms with van der Waals surface area (Å²) >= 11 is 0. The van der Waals surface area contributed by atoms with Gasteiger partial charge in [0, 0.05) is 0 Å². The number of carbonyl (C=O) groups excluding carboxylic acids is 3. The molecule has 0 saturated heterocycles. The lowest BCUT2D eigenvalue weighted by atomic mass is 10.3. The highest BCUT2D eigenvalue weighted by Crippen LogP contribution is 1.98. The first kappa shape index (κ1) is 16.9. The average molecular weight is 275 g/mol. The Morgan fingerprint density at radius 3 is 1.95 bits per heavy atom. The van der Waals surface area contributed by atoms with Crippen LogP contribution in [-0.2, 0) is 28.7 Å². The number of esters is 2. The van der Waals surface area contributed by atoms with Gasteiger partial charge in [-0.3, -0.25) is 19.2 Å². The number of rotatable bonds is 8. The number of nitrogens with zero attached hydrogens (tertiary/aromatic N) is 1. The Morgan fingerprint density at radius 2 is 1.47 bits per heavy atom. The molecule has 0 heterocycles. The third kappa shape index (κ3) is 7.74. The monoisotopic (exact) mass is 275 g/mol. The number of amides is 1. The molecular weight excluding hydrogens is 258 g/mol. The zero-order valence-corrected chi connectivity index (χ0v) is 10.9. The topological polar surface area (TPSA) is 110 Å². The van der Waals surface area contributed by atoms with Gasteiger partial charge in [0.1, 0.15) is 19.5 Å². The largest absolute Gasteiger partial charge is 0.480 e. The van der Waals surface area contributed by atoms with Crippen molar-refractivity contribution in [2.75, 3.05) is 26.3 Å². The minimum absolute atomic E-state index is 0.114. The second-order valence-corrected chi connectivity index (χ2v) is 3.43. The number of carboxylic acids is 1. The maximum atomic E-state index is 11.7. The van der Waals surface area contributed by atoms with Gasteiger partial charge in [-0.05, 0) is 13.8 Å². The molecule has 1 N–H and O–H groups in total. The highest BCUT2D eigenvalue weighted by atomic mass is 16.5. The molecule has 0 radical (unpaired) electrons. The average Bonchev–Trinajstić information content (AvgIpc) is 2.27. The number of aliphatic carboxylic acids is 1. The van der Waals surface area contributed by atoms with Crippen LogP contribution in [0, 0.1) is 0 Å². The summed E-state index contributed by atoms with van der Waals surface area (Å²) in [7, 11) is 0. The summed E-state index contributed by atoms with van der Waals surface area (Å²) < 4.78 is 9.18. The Balaban J connectivity index is 4.55. The van der Waals surface area contributed by atoms with Crippen LogP contribution in [0.5, 0.6) is 0 Å². The summed E-state index contributed by atoms with van der Waals surface area (Å²) in [5.74, 6) is -3.59. The molecule has 0 rings (SSSR count). The van der Waals surface area contributed by atoms with E-state index in [1.165, 1.54) is 0 Å². The lowest BCUT2D eigenvalue weighted by Gasteiger charge is -2.19. The van der Waals surface area contributed by atoms with Gasteiger partial charge in [0.2, 0.25) is 5.91 Å². The highest BCUT2D eigenvalue weighted by molar-refractivity contribution is 5.96. The SMILES string of the molecule is CCOC(=O)CC(=O)N(CC(=O)O)CC(=O)OCC. The molecule has 0 aliphatic carbocycles. The van der Waals surface area contributed by atoms with Crippen LogP contribution >= 0.6 is 0 Å².